The Morgan fingerprint density at radius 2 is 0.487 bits per heavy atom. The van der Waals surface area contributed by atoms with Gasteiger partial charge in [-0.15, -0.1) is 34.0 Å². The van der Waals surface area contributed by atoms with Crippen molar-refractivity contribution in [2.75, 3.05) is 14.7 Å². The van der Waals surface area contributed by atoms with Crippen LogP contribution in [0.5, 0.6) is 0 Å². The van der Waals surface area contributed by atoms with Crippen molar-refractivity contribution >= 4 is 233 Å². The van der Waals surface area contributed by atoms with Crippen LogP contribution in [-0.4, -0.2) is 13.7 Å². The highest BCUT2D eigenvalue weighted by atomic mass is 32.1. The summed E-state index contributed by atoms with van der Waals surface area (Å²) in [5.74, 6) is 0. The van der Waals surface area contributed by atoms with Gasteiger partial charge in [0.25, 0.3) is 0 Å². The molecule has 6 heterocycles. The molecule has 1 aliphatic rings. The van der Waals surface area contributed by atoms with Gasteiger partial charge in [0, 0.05) is 83.2 Å². The van der Waals surface area contributed by atoms with Crippen molar-refractivity contribution < 1.29 is 0 Å². The summed E-state index contributed by atoms with van der Waals surface area (Å²) in [5.41, 5.74) is 31.1. The first-order valence-corrected chi connectivity index (χ1v) is 53.7. The van der Waals surface area contributed by atoms with Crippen LogP contribution >= 0.6 is 34.0 Å². The normalized spacial score (nSPS) is 12.2. The molecule has 0 unspecified atom stereocenters. The van der Waals surface area contributed by atoms with Gasteiger partial charge in [0.15, 0.2) is 0 Å². The Labute approximate surface area is 879 Å². The molecule has 0 saturated carbocycles. The first-order chi connectivity index (χ1) is 74.5. The Morgan fingerprint density at radius 1 is 0.167 bits per heavy atom. The fraction of sp³-hybridized carbons (Fsp3) is 0.00709. The first-order valence-electron chi connectivity index (χ1n) is 51.3. The minimum atomic E-state index is -0.483. The van der Waals surface area contributed by atoms with Crippen LogP contribution in [0.1, 0.15) is 22.3 Å². The summed E-state index contributed by atoms with van der Waals surface area (Å²) in [7, 11) is 0. The standard InChI is InChI=1S/C51H34N2S.C50H32N2S.C40H26N2S/c1-5-18-35(19-6-1)51(36-20-7-2-8-21-36)44-29-15-13-26-40(44)41-33-32-39(34-45(41)51)52(37-22-9-3-10-23-37)47-31-17-28-43-48-50(54-49(43)47)42-27-14-16-30-46(42)53(48)38-24-11-4-12-25-38;1-2-15-37(16-3-1)52-46-22-9-8-19-44(46)50-48(52)45-21-11-23-47(49(45)53-50)51(39-30-31-43-36(32-39)25-24-34-13-5-7-18-41(34)43)38-28-26-35(27-29-38)42-20-10-14-33-12-4-6-17-40(33)42;1-3-15-28(16-4-1)41(37-26-27-14-7-8-19-30(27)31-20-9-10-21-32(31)37)36-25-13-23-34-38-40(43-39(34)36)33-22-11-12-24-35(33)42(38)29-17-5-2-6-18-29/h1-34H;1-32H;1-26H. The molecular weight excluding hydrogens is 1870 g/mol. The van der Waals surface area contributed by atoms with Crippen molar-refractivity contribution in [3.05, 3.63) is 580 Å². The number of nitrogens with zero attached hydrogens (tertiary/aromatic N) is 6. The third-order valence-corrected chi connectivity index (χ3v) is 34.3. The van der Waals surface area contributed by atoms with Gasteiger partial charge in [0.2, 0.25) is 0 Å². The second-order valence-corrected chi connectivity index (χ2v) is 41.8. The number of para-hydroxylation sites is 8. The molecule has 0 atom stereocenters. The van der Waals surface area contributed by atoms with Crippen LogP contribution in [0.15, 0.2) is 558 Å². The van der Waals surface area contributed by atoms with E-state index in [1.807, 2.05) is 34.0 Å². The van der Waals surface area contributed by atoms with Crippen molar-refractivity contribution in [3.8, 4) is 39.3 Å². The van der Waals surface area contributed by atoms with Crippen LogP contribution in [0.4, 0.5) is 51.2 Å². The number of fused-ring (bicyclic) bond motifs is 25. The zero-order valence-electron chi connectivity index (χ0n) is 81.5. The molecule has 704 valence electrons. The lowest BCUT2D eigenvalue weighted by molar-refractivity contribution is 0.768. The molecule has 30 aromatic rings. The highest BCUT2D eigenvalue weighted by molar-refractivity contribution is 7.28. The van der Waals surface area contributed by atoms with Gasteiger partial charge in [0.05, 0.1) is 89.5 Å². The predicted octanol–water partition coefficient (Wildman–Crippen LogP) is 40.2. The van der Waals surface area contributed by atoms with E-state index in [1.54, 1.807) is 0 Å². The second-order valence-electron chi connectivity index (χ2n) is 38.7. The first kappa shape index (κ1) is 87.8. The molecule has 31 rings (SSSR count). The zero-order valence-corrected chi connectivity index (χ0v) is 84.0. The molecule has 9 heteroatoms. The minimum absolute atomic E-state index is 0.483. The lowest BCUT2D eigenvalue weighted by Crippen LogP contribution is -2.28. The number of benzene rings is 24. The Hall–Kier alpha value is -18.7. The van der Waals surface area contributed by atoms with E-state index in [2.05, 4.69) is 587 Å². The largest absolute Gasteiger partial charge is 0.309 e. The molecule has 0 bridgehead atoms. The van der Waals surface area contributed by atoms with E-state index in [0.29, 0.717) is 0 Å². The van der Waals surface area contributed by atoms with Crippen molar-refractivity contribution in [2.24, 2.45) is 0 Å². The molecule has 0 spiro atoms. The molecule has 0 radical (unpaired) electrons. The van der Waals surface area contributed by atoms with Gasteiger partial charge in [-0.05, 0) is 233 Å². The number of hydrogen-bond acceptors (Lipinski definition) is 6. The molecule has 0 fully saturated rings. The topological polar surface area (TPSA) is 24.5 Å². The summed E-state index contributed by atoms with van der Waals surface area (Å²) in [4.78, 5) is 7.38. The van der Waals surface area contributed by atoms with Crippen LogP contribution in [0.3, 0.4) is 0 Å². The van der Waals surface area contributed by atoms with Crippen molar-refractivity contribution in [1.82, 2.24) is 13.7 Å². The maximum atomic E-state index is 2.47. The van der Waals surface area contributed by atoms with Gasteiger partial charge in [-0.25, -0.2) is 0 Å². The molecule has 0 saturated heterocycles. The number of thiophene rings is 3. The van der Waals surface area contributed by atoms with Crippen molar-refractivity contribution in [1.29, 1.82) is 0 Å². The number of aromatic nitrogens is 3. The maximum Gasteiger partial charge on any atom is 0.0728 e. The van der Waals surface area contributed by atoms with Gasteiger partial charge in [0.1, 0.15) is 0 Å². The van der Waals surface area contributed by atoms with Crippen molar-refractivity contribution in [2.45, 2.75) is 5.41 Å². The van der Waals surface area contributed by atoms with E-state index in [4.69, 9.17) is 0 Å². The zero-order chi connectivity index (χ0) is 98.9. The van der Waals surface area contributed by atoms with Crippen LogP contribution < -0.4 is 14.7 Å². The third kappa shape index (κ3) is 14.3. The van der Waals surface area contributed by atoms with E-state index in [-0.39, 0.29) is 0 Å². The van der Waals surface area contributed by atoms with E-state index < -0.39 is 5.41 Å². The van der Waals surface area contributed by atoms with Crippen LogP contribution in [0.2, 0.25) is 0 Å². The lowest BCUT2D eigenvalue weighted by Gasteiger charge is -2.35. The van der Waals surface area contributed by atoms with E-state index in [1.165, 1.54) is 232 Å². The molecule has 6 nitrogen and oxygen atoms in total. The summed E-state index contributed by atoms with van der Waals surface area (Å²) >= 11 is 5.69. The average Bonchev–Trinajstić information content (AvgIpc) is 1.53. The molecule has 0 amide bonds. The monoisotopic (exact) mass is 1960 g/mol. The molecule has 24 aromatic carbocycles. The molecule has 150 heavy (non-hydrogen) atoms. The predicted molar refractivity (Wildman–Crippen MR) is 643 cm³/mol. The van der Waals surface area contributed by atoms with Crippen LogP contribution in [0, 0.1) is 0 Å². The van der Waals surface area contributed by atoms with Crippen LogP contribution in [0.25, 0.3) is 187 Å². The lowest BCUT2D eigenvalue weighted by atomic mass is 9.67. The fourth-order valence-corrected chi connectivity index (χ4v) is 28.1. The Morgan fingerprint density at radius 3 is 0.993 bits per heavy atom. The van der Waals surface area contributed by atoms with E-state index >= 15 is 0 Å². The highest BCUT2D eigenvalue weighted by Crippen LogP contribution is 2.60. The van der Waals surface area contributed by atoms with Gasteiger partial charge in [-0.2, -0.15) is 0 Å². The van der Waals surface area contributed by atoms with E-state index in [0.717, 1.165) is 28.4 Å². The second kappa shape index (κ2) is 36.5. The molecular formula is C141H92N6S3. The summed E-state index contributed by atoms with van der Waals surface area (Å²) < 4.78 is 15.1. The Balaban J connectivity index is 0.000000106. The highest BCUT2D eigenvalue weighted by Gasteiger charge is 2.47. The minimum Gasteiger partial charge on any atom is -0.309 e. The van der Waals surface area contributed by atoms with Gasteiger partial charge in [-0.1, -0.05) is 419 Å². The Kier molecular flexibility index (Phi) is 21.4. The maximum absolute atomic E-state index is 2.47. The van der Waals surface area contributed by atoms with Gasteiger partial charge < -0.3 is 28.4 Å². The molecule has 0 aliphatic heterocycles. The van der Waals surface area contributed by atoms with E-state index in [9.17, 15) is 0 Å². The van der Waals surface area contributed by atoms with Crippen LogP contribution in [-0.2, 0) is 5.41 Å². The summed E-state index contributed by atoms with van der Waals surface area (Å²) in [6.45, 7) is 0. The number of anilines is 9. The molecule has 0 N–H and O–H groups in total. The fourth-order valence-electron chi connectivity index (χ4n) is 24.1. The quantitative estimate of drug-likeness (QED) is 0.0956. The Bertz CT molecular complexity index is 10400. The molecule has 6 aromatic heterocycles. The van der Waals surface area contributed by atoms with Gasteiger partial charge >= 0.3 is 0 Å². The van der Waals surface area contributed by atoms with Gasteiger partial charge in [-0.3, -0.25) is 0 Å². The molecule has 1 aliphatic carbocycles. The smallest absolute Gasteiger partial charge is 0.0728 e. The number of rotatable bonds is 15. The SMILES string of the molecule is c1ccc(-n2c3ccccc3c3sc4c(N(c5ccc(-c6cccc7ccccc67)cc5)c5ccc6c(ccc7ccccc76)c5)cccc4c32)cc1.c1ccc(N(c2cc3ccccc3c3ccccc23)c2cccc3c2sc2c4ccccc4n(-c4ccccc4)c32)cc1.c1ccc(N(c2ccc3c(c2)C(c2ccccc2)(c2ccccc2)c2ccccc2-3)c2cccc3c2sc2c4ccccc4n(-c4ccccc4)c32)cc1. The summed E-state index contributed by atoms with van der Waals surface area (Å²) in [5, 5.41) is 20.2. The average molecular weight is 1970 g/mol. The number of hydrogen-bond donors (Lipinski definition) is 0. The summed E-state index contributed by atoms with van der Waals surface area (Å²) in [6, 6.07) is 203. The summed E-state index contributed by atoms with van der Waals surface area (Å²) in [6.07, 6.45) is 0. The van der Waals surface area contributed by atoms with Crippen molar-refractivity contribution in [3.63, 3.8) is 0 Å². The third-order valence-electron chi connectivity index (χ3n) is 30.5.